The average molecular weight is 295 g/mol. The van der Waals surface area contributed by atoms with Crippen LogP contribution in [0.15, 0.2) is 24.3 Å². The monoisotopic (exact) mass is 294 g/mol. The summed E-state index contributed by atoms with van der Waals surface area (Å²) in [5, 5.41) is 3.96. The summed E-state index contributed by atoms with van der Waals surface area (Å²) in [4.78, 5) is 12.1. The van der Waals surface area contributed by atoms with E-state index in [0.717, 1.165) is 37.8 Å². The molecule has 1 aromatic carbocycles. The third kappa shape index (κ3) is 3.26. The first-order valence-electron chi connectivity index (χ1n) is 7.17. The fraction of sp³-hybridized carbons (Fsp3) is 0.562. The number of hydrogen-bond acceptors (Lipinski definition) is 2. The van der Waals surface area contributed by atoms with Crippen molar-refractivity contribution in [3.05, 3.63) is 29.3 Å². The lowest BCUT2D eigenvalue weighted by molar-refractivity contribution is -0.122. The molecule has 1 unspecified atom stereocenters. The molecule has 0 aromatic heterocycles. The summed E-state index contributed by atoms with van der Waals surface area (Å²) in [7, 11) is 0. The molecule has 1 atom stereocenters. The van der Waals surface area contributed by atoms with Gasteiger partial charge in [0.15, 0.2) is 0 Å². The van der Waals surface area contributed by atoms with Crippen molar-refractivity contribution in [1.82, 2.24) is 0 Å². The van der Waals surface area contributed by atoms with Gasteiger partial charge in [-0.15, -0.1) is 0 Å². The Balaban J connectivity index is 2.27. The topological polar surface area (TPSA) is 55.1 Å². The van der Waals surface area contributed by atoms with E-state index < -0.39 is 5.54 Å². The molecule has 0 saturated heterocycles. The molecule has 1 aliphatic carbocycles. The molecular formula is C16H23ClN2O. The Labute approximate surface area is 125 Å². The van der Waals surface area contributed by atoms with E-state index in [0.29, 0.717) is 5.02 Å². The zero-order valence-electron chi connectivity index (χ0n) is 12.2. The van der Waals surface area contributed by atoms with Crippen molar-refractivity contribution in [2.75, 3.05) is 5.32 Å². The van der Waals surface area contributed by atoms with Crippen LogP contribution in [0, 0.1) is 5.41 Å². The molecule has 3 N–H and O–H groups in total. The fourth-order valence-electron chi connectivity index (χ4n) is 2.92. The number of amides is 1. The number of rotatable bonds is 3. The van der Waals surface area contributed by atoms with Crippen LogP contribution in [0.25, 0.3) is 0 Å². The smallest absolute Gasteiger partial charge is 0.243 e. The van der Waals surface area contributed by atoms with Crippen LogP contribution in [0.3, 0.4) is 0 Å². The maximum Gasteiger partial charge on any atom is 0.243 e. The average Bonchev–Trinajstić information content (AvgIpc) is 2.52. The third-order valence-corrected chi connectivity index (χ3v) is 4.73. The van der Waals surface area contributed by atoms with Crippen LogP contribution in [-0.4, -0.2) is 11.4 Å². The van der Waals surface area contributed by atoms with E-state index >= 15 is 0 Å². The van der Waals surface area contributed by atoms with Gasteiger partial charge in [0.25, 0.3) is 0 Å². The lowest BCUT2D eigenvalue weighted by Crippen LogP contribution is -2.50. The second-order valence-corrected chi connectivity index (χ2v) is 6.98. The van der Waals surface area contributed by atoms with E-state index in [1.807, 2.05) is 24.3 Å². The zero-order chi connectivity index (χ0) is 14.8. The van der Waals surface area contributed by atoms with E-state index in [1.165, 1.54) is 0 Å². The summed E-state index contributed by atoms with van der Waals surface area (Å²) in [6.45, 7) is 4.50. The molecule has 0 heterocycles. The molecule has 0 spiro atoms. The first-order chi connectivity index (χ1) is 9.35. The van der Waals surface area contributed by atoms with Crippen molar-refractivity contribution in [3.8, 4) is 0 Å². The van der Waals surface area contributed by atoms with Gasteiger partial charge in [-0.1, -0.05) is 44.0 Å². The molecule has 1 fully saturated rings. The first kappa shape index (κ1) is 15.2. The number of hydrogen-bond donors (Lipinski definition) is 2. The normalized spacial score (nSPS) is 25.8. The fourth-order valence-corrected chi connectivity index (χ4v) is 3.11. The molecule has 20 heavy (non-hydrogen) atoms. The first-order valence-corrected chi connectivity index (χ1v) is 7.55. The maximum absolute atomic E-state index is 12.1. The number of primary amides is 1. The molecule has 0 bridgehead atoms. The highest BCUT2D eigenvalue weighted by Crippen LogP contribution is 2.40. The molecule has 110 valence electrons. The number of para-hydroxylation sites is 1. The van der Waals surface area contributed by atoms with Crippen LogP contribution >= 0.6 is 11.6 Å². The number of nitrogens with one attached hydrogen (secondary N) is 1. The van der Waals surface area contributed by atoms with Gasteiger partial charge in [0.2, 0.25) is 5.91 Å². The van der Waals surface area contributed by atoms with Crippen molar-refractivity contribution in [3.63, 3.8) is 0 Å². The van der Waals surface area contributed by atoms with Crippen LogP contribution in [0.2, 0.25) is 5.02 Å². The lowest BCUT2D eigenvalue weighted by atomic mass is 9.83. The van der Waals surface area contributed by atoms with Crippen LogP contribution in [0.1, 0.15) is 46.0 Å². The van der Waals surface area contributed by atoms with Crippen LogP contribution in [-0.2, 0) is 4.79 Å². The highest BCUT2D eigenvalue weighted by molar-refractivity contribution is 6.33. The van der Waals surface area contributed by atoms with Crippen LogP contribution in [0.4, 0.5) is 5.69 Å². The van der Waals surface area contributed by atoms with Gasteiger partial charge in [0, 0.05) is 0 Å². The highest BCUT2D eigenvalue weighted by Gasteiger charge is 2.40. The Bertz CT molecular complexity index is 501. The van der Waals surface area contributed by atoms with E-state index in [4.69, 9.17) is 17.3 Å². The number of benzene rings is 1. The molecule has 2 rings (SSSR count). The van der Waals surface area contributed by atoms with Gasteiger partial charge in [0.1, 0.15) is 5.54 Å². The van der Waals surface area contributed by atoms with Gasteiger partial charge in [0.05, 0.1) is 10.7 Å². The van der Waals surface area contributed by atoms with Gasteiger partial charge < -0.3 is 11.1 Å². The van der Waals surface area contributed by atoms with Crippen molar-refractivity contribution >= 4 is 23.2 Å². The zero-order valence-corrected chi connectivity index (χ0v) is 13.0. The maximum atomic E-state index is 12.1. The molecule has 1 aromatic rings. The minimum absolute atomic E-state index is 0.263. The van der Waals surface area contributed by atoms with Crippen molar-refractivity contribution in [1.29, 1.82) is 0 Å². The number of carbonyl (C=O) groups excluding carboxylic acids is 1. The third-order valence-electron chi connectivity index (χ3n) is 4.41. The largest absolute Gasteiger partial charge is 0.370 e. The SMILES string of the molecule is CC1(C)CCCC(Nc2ccccc2Cl)(C(N)=O)CC1. The van der Waals surface area contributed by atoms with E-state index in [2.05, 4.69) is 19.2 Å². The number of carbonyl (C=O) groups is 1. The number of nitrogens with two attached hydrogens (primary N) is 1. The van der Waals surface area contributed by atoms with Crippen LogP contribution in [0.5, 0.6) is 0 Å². The molecule has 0 aliphatic heterocycles. The molecule has 1 saturated carbocycles. The van der Waals surface area contributed by atoms with Gasteiger partial charge in [-0.2, -0.15) is 0 Å². The Hall–Kier alpha value is -1.22. The minimum atomic E-state index is -0.682. The standard InChI is InChI=1S/C16H23ClN2O/c1-15(2)8-5-9-16(11-10-15,14(18)20)19-13-7-4-3-6-12(13)17/h3-4,6-7,19H,5,8-11H2,1-2H3,(H2,18,20). The van der Waals surface area contributed by atoms with Crippen molar-refractivity contribution in [2.24, 2.45) is 11.1 Å². The molecule has 0 radical (unpaired) electrons. The number of anilines is 1. The Morgan fingerprint density at radius 3 is 2.55 bits per heavy atom. The summed E-state index contributed by atoms with van der Waals surface area (Å²) in [5.41, 5.74) is 6.08. The number of halogens is 1. The predicted octanol–water partition coefficient (Wildman–Crippen LogP) is 3.97. The van der Waals surface area contributed by atoms with Gasteiger partial charge in [-0.05, 0) is 43.2 Å². The van der Waals surface area contributed by atoms with Crippen LogP contribution < -0.4 is 11.1 Å². The van der Waals surface area contributed by atoms with Gasteiger partial charge in [-0.25, -0.2) is 0 Å². The molecular weight excluding hydrogens is 272 g/mol. The van der Waals surface area contributed by atoms with Gasteiger partial charge >= 0.3 is 0 Å². The Kier molecular flexibility index (Phi) is 4.28. The molecule has 4 heteroatoms. The van der Waals surface area contributed by atoms with E-state index in [-0.39, 0.29) is 11.3 Å². The predicted molar refractivity (Wildman–Crippen MR) is 83.9 cm³/mol. The Morgan fingerprint density at radius 2 is 1.90 bits per heavy atom. The lowest BCUT2D eigenvalue weighted by Gasteiger charge is -2.32. The van der Waals surface area contributed by atoms with Crippen molar-refractivity contribution < 1.29 is 4.79 Å². The summed E-state index contributed by atoms with van der Waals surface area (Å²) in [5.74, 6) is -0.282. The summed E-state index contributed by atoms with van der Waals surface area (Å²) in [6, 6.07) is 7.49. The minimum Gasteiger partial charge on any atom is -0.370 e. The quantitative estimate of drug-likeness (QED) is 0.829. The summed E-state index contributed by atoms with van der Waals surface area (Å²) < 4.78 is 0. The second kappa shape index (κ2) is 5.65. The second-order valence-electron chi connectivity index (χ2n) is 6.57. The van der Waals surface area contributed by atoms with E-state index in [1.54, 1.807) is 0 Å². The molecule has 1 aliphatic rings. The molecule has 3 nitrogen and oxygen atoms in total. The summed E-state index contributed by atoms with van der Waals surface area (Å²) >= 11 is 6.19. The highest BCUT2D eigenvalue weighted by atomic mass is 35.5. The van der Waals surface area contributed by atoms with Crippen molar-refractivity contribution in [2.45, 2.75) is 51.5 Å². The Morgan fingerprint density at radius 1 is 1.20 bits per heavy atom. The van der Waals surface area contributed by atoms with E-state index in [9.17, 15) is 4.79 Å². The van der Waals surface area contributed by atoms with Gasteiger partial charge in [-0.3, -0.25) is 4.79 Å². The molecule has 1 amide bonds. The summed E-state index contributed by atoms with van der Waals surface area (Å²) in [6.07, 6.45) is 4.60.